The molecule has 3 heteroatoms. The van der Waals surface area contributed by atoms with Crippen molar-refractivity contribution in [2.45, 2.75) is 45.6 Å². The van der Waals surface area contributed by atoms with Crippen LogP contribution in [0.25, 0.3) is 0 Å². The minimum Gasteiger partial charge on any atom is -0.497 e. The van der Waals surface area contributed by atoms with E-state index in [1.165, 1.54) is 31.4 Å². The molecule has 0 saturated carbocycles. The fraction of sp³-hybridized carbons (Fsp3) is 0.647. The number of nitrogens with zero attached hydrogens (tertiary/aromatic N) is 1. The average molecular weight is 278 g/mol. The lowest BCUT2D eigenvalue weighted by Crippen LogP contribution is -2.27. The second kappa shape index (κ2) is 9.65. The summed E-state index contributed by atoms with van der Waals surface area (Å²) < 4.78 is 5.26. The first-order valence-corrected chi connectivity index (χ1v) is 7.76. The molecule has 1 unspecified atom stereocenters. The topological polar surface area (TPSA) is 24.5 Å². The predicted molar refractivity (Wildman–Crippen MR) is 87.9 cm³/mol. The van der Waals surface area contributed by atoms with E-state index in [0.717, 1.165) is 18.8 Å². The van der Waals surface area contributed by atoms with E-state index in [-0.39, 0.29) is 0 Å². The number of unbranched alkanes of at least 4 members (excludes halogenated alkanes) is 1. The third kappa shape index (κ3) is 6.29. The molecular formula is C17H30N2O. The average Bonchev–Trinajstić information content (AvgIpc) is 2.49. The molecule has 20 heavy (non-hydrogen) atoms. The molecule has 0 aromatic heterocycles. The number of hydrogen-bond acceptors (Lipinski definition) is 3. The molecule has 0 bridgehead atoms. The fourth-order valence-electron chi connectivity index (χ4n) is 2.27. The minimum atomic E-state index is 0.636. The number of ether oxygens (including phenoxy) is 1. The molecule has 114 valence electrons. The Morgan fingerprint density at radius 3 is 2.80 bits per heavy atom. The Kier molecular flexibility index (Phi) is 8.12. The first-order valence-electron chi connectivity index (χ1n) is 7.76. The number of nitrogens with one attached hydrogen (secondary N) is 1. The highest BCUT2D eigenvalue weighted by molar-refractivity contribution is 5.49. The normalized spacial score (nSPS) is 12.2. The highest BCUT2D eigenvalue weighted by Gasteiger charge is 2.04. The maximum atomic E-state index is 5.26. The van der Waals surface area contributed by atoms with Crippen LogP contribution in [-0.2, 0) is 0 Å². The first kappa shape index (κ1) is 16.8. The Hall–Kier alpha value is -1.22. The molecule has 1 N–H and O–H groups in total. The Morgan fingerprint density at radius 2 is 2.10 bits per heavy atom. The summed E-state index contributed by atoms with van der Waals surface area (Å²) in [7, 11) is 3.86. The highest BCUT2D eigenvalue weighted by atomic mass is 16.5. The van der Waals surface area contributed by atoms with Gasteiger partial charge in [-0.1, -0.05) is 19.4 Å². The summed E-state index contributed by atoms with van der Waals surface area (Å²) >= 11 is 0. The van der Waals surface area contributed by atoms with Crippen molar-refractivity contribution in [2.75, 3.05) is 32.1 Å². The minimum absolute atomic E-state index is 0.636. The van der Waals surface area contributed by atoms with Crippen LogP contribution >= 0.6 is 0 Å². The summed E-state index contributed by atoms with van der Waals surface area (Å²) in [5, 5.41) is 3.54. The van der Waals surface area contributed by atoms with Gasteiger partial charge in [0.2, 0.25) is 0 Å². The summed E-state index contributed by atoms with van der Waals surface area (Å²) in [4.78, 5) is 2.30. The van der Waals surface area contributed by atoms with Crippen LogP contribution in [0, 0.1) is 0 Å². The summed E-state index contributed by atoms with van der Waals surface area (Å²) in [5.41, 5.74) is 1.22. The SMILES string of the molecule is CCCNC(C)CCCCN(C)c1cccc(OC)c1. The first-order chi connectivity index (χ1) is 9.67. The molecular weight excluding hydrogens is 248 g/mol. The Bertz CT molecular complexity index is 368. The molecule has 0 saturated heterocycles. The van der Waals surface area contributed by atoms with Crippen LogP contribution in [0.2, 0.25) is 0 Å². The summed E-state index contributed by atoms with van der Waals surface area (Å²) in [5.74, 6) is 0.923. The number of anilines is 1. The van der Waals surface area contributed by atoms with Crippen molar-refractivity contribution in [1.82, 2.24) is 5.32 Å². The largest absolute Gasteiger partial charge is 0.497 e. The Morgan fingerprint density at radius 1 is 1.30 bits per heavy atom. The van der Waals surface area contributed by atoms with Gasteiger partial charge in [0, 0.05) is 31.4 Å². The Labute approximate surface area is 124 Å². The van der Waals surface area contributed by atoms with Gasteiger partial charge in [0.1, 0.15) is 5.75 Å². The van der Waals surface area contributed by atoms with Gasteiger partial charge in [0.25, 0.3) is 0 Å². The number of benzene rings is 1. The van der Waals surface area contributed by atoms with E-state index in [9.17, 15) is 0 Å². The third-order valence-corrected chi connectivity index (χ3v) is 3.62. The standard InChI is InChI=1S/C17H30N2O/c1-5-12-18-15(2)9-6-7-13-19(3)16-10-8-11-17(14-16)20-4/h8,10-11,14-15,18H,5-7,9,12-13H2,1-4H3. The smallest absolute Gasteiger partial charge is 0.120 e. The molecule has 1 atom stereocenters. The molecule has 1 rings (SSSR count). The molecule has 3 nitrogen and oxygen atoms in total. The van der Waals surface area contributed by atoms with Crippen molar-refractivity contribution in [3.8, 4) is 5.75 Å². The highest BCUT2D eigenvalue weighted by Crippen LogP contribution is 2.20. The third-order valence-electron chi connectivity index (χ3n) is 3.62. The summed E-state index contributed by atoms with van der Waals surface area (Å²) in [6, 6.07) is 8.89. The molecule has 0 fully saturated rings. The summed E-state index contributed by atoms with van der Waals surface area (Å²) in [6.45, 7) is 6.71. The van der Waals surface area contributed by atoms with E-state index < -0.39 is 0 Å². The van der Waals surface area contributed by atoms with Crippen LogP contribution in [0.5, 0.6) is 5.75 Å². The van der Waals surface area contributed by atoms with Crippen LogP contribution in [0.1, 0.15) is 39.5 Å². The zero-order valence-electron chi connectivity index (χ0n) is 13.5. The molecule has 0 heterocycles. The second-order valence-electron chi connectivity index (χ2n) is 5.47. The van der Waals surface area contributed by atoms with Gasteiger partial charge in [-0.15, -0.1) is 0 Å². The Balaban J connectivity index is 2.24. The maximum absolute atomic E-state index is 5.26. The van der Waals surface area contributed by atoms with Crippen LogP contribution in [0.15, 0.2) is 24.3 Å². The van der Waals surface area contributed by atoms with E-state index in [1.54, 1.807) is 7.11 Å². The van der Waals surface area contributed by atoms with Gasteiger partial charge < -0.3 is 15.0 Å². The van der Waals surface area contributed by atoms with Gasteiger partial charge in [0.05, 0.1) is 7.11 Å². The van der Waals surface area contributed by atoms with Gasteiger partial charge in [0.15, 0.2) is 0 Å². The molecule has 0 aliphatic rings. The van der Waals surface area contributed by atoms with Crippen molar-refractivity contribution < 1.29 is 4.74 Å². The lowest BCUT2D eigenvalue weighted by atomic mass is 10.1. The number of rotatable bonds is 10. The van der Waals surface area contributed by atoms with Gasteiger partial charge in [-0.25, -0.2) is 0 Å². The second-order valence-corrected chi connectivity index (χ2v) is 5.47. The van der Waals surface area contributed by atoms with E-state index in [4.69, 9.17) is 4.74 Å². The van der Waals surface area contributed by atoms with Crippen LogP contribution in [-0.4, -0.2) is 33.3 Å². The van der Waals surface area contributed by atoms with Crippen LogP contribution in [0.3, 0.4) is 0 Å². The van der Waals surface area contributed by atoms with Crippen molar-refractivity contribution >= 4 is 5.69 Å². The molecule has 0 amide bonds. The van der Waals surface area contributed by atoms with Gasteiger partial charge in [-0.05, 0) is 44.9 Å². The van der Waals surface area contributed by atoms with Crippen molar-refractivity contribution in [2.24, 2.45) is 0 Å². The molecule has 0 spiro atoms. The lowest BCUT2D eigenvalue weighted by molar-refractivity contribution is 0.415. The van der Waals surface area contributed by atoms with Crippen molar-refractivity contribution in [3.63, 3.8) is 0 Å². The van der Waals surface area contributed by atoms with E-state index in [2.05, 4.69) is 43.2 Å². The number of hydrogen-bond donors (Lipinski definition) is 1. The lowest BCUT2D eigenvalue weighted by Gasteiger charge is -2.20. The monoisotopic (exact) mass is 278 g/mol. The predicted octanol–water partition coefficient (Wildman–Crippen LogP) is 3.69. The van der Waals surface area contributed by atoms with Crippen LogP contribution < -0.4 is 15.0 Å². The maximum Gasteiger partial charge on any atom is 0.120 e. The van der Waals surface area contributed by atoms with Crippen LogP contribution in [0.4, 0.5) is 5.69 Å². The van der Waals surface area contributed by atoms with Gasteiger partial charge in [-0.2, -0.15) is 0 Å². The molecule has 1 aromatic carbocycles. The fourth-order valence-corrected chi connectivity index (χ4v) is 2.27. The van der Waals surface area contributed by atoms with E-state index in [1.807, 2.05) is 12.1 Å². The summed E-state index contributed by atoms with van der Waals surface area (Å²) in [6.07, 6.45) is 4.97. The quantitative estimate of drug-likeness (QED) is 0.661. The molecule has 1 aromatic rings. The van der Waals surface area contributed by atoms with Crippen molar-refractivity contribution in [1.29, 1.82) is 0 Å². The zero-order chi connectivity index (χ0) is 14.8. The number of methoxy groups -OCH3 is 1. The van der Waals surface area contributed by atoms with Gasteiger partial charge in [-0.3, -0.25) is 0 Å². The molecule has 0 radical (unpaired) electrons. The van der Waals surface area contributed by atoms with E-state index >= 15 is 0 Å². The molecule has 0 aliphatic heterocycles. The van der Waals surface area contributed by atoms with E-state index in [0.29, 0.717) is 6.04 Å². The van der Waals surface area contributed by atoms with Crippen molar-refractivity contribution in [3.05, 3.63) is 24.3 Å². The zero-order valence-corrected chi connectivity index (χ0v) is 13.5. The molecule has 0 aliphatic carbocycles. The van der Waals surface area contributed by atoms with Gasteiger partial charge >= 0.3 is 0 Å².